The Balaban J connectivity index is 1.79. The lowest BCUT2D eigenvalue weighted by Gasteiger charge is -2.29. The Bertz CT molecular complexity index is 1170. The van der Waals surface area contributed by atoms with Crippen molar-refractivity contribution in [1.29, 1.82) is 0 Å². The van der Waals surface area contributed by atoms with Crippen LogP contribution >= 0.6 is 0 Å². The quantitative estimate of drug-likeness (QED) is 0.422. The van der Waals surface area contributed by atoms with E-state index in [4.69, 9.17) is 9.47 Å². The lowest BCUT2D eigenvalue weighted by atomic mass is 9.83. The molecule has 3 aromatic rings. The first-order valence-corrected chi connectivity index (χ1v) is 12.3. The molecule has 4 rings (SSSR count). The van der Waals surface area contributed by atoms with E-state index in [0.717, 1.165) is 41.1 Å². The fourth-order valence-corrected chi connectivity index (χ4v) is 4.67. The van der Waals surface area contributed by atoms with E-state index >= 15 is 0 Å². The number of esters is 1. The highest BCUT2D eigenvalue weighted by Crippen LogP contribution is 2.40. The third-order valence-corrected chi connectivity index (χ3v) is 6.53. The van der Waals surface area contributed by atoms with Gasteiger partial charge in [0.15, 0.2) is 0 Å². The summed E-state index contributed by atoms with van der Waals surface area (Å²) in [7, 11) is 1.38. The van der Waals surface area contributed by atoms with E-state index in [2.05, 4.69) is 49.9 Å². The fraction of sp³-hybridized carbons (Fsp3) is 0.367. The molecule has 1 saturated heterocycles. The average molecular weight is 474 g/mol. The molecule has 5 heteroatoms. The summed E-state index contributed by atoms with van der Waals surface area (Å²) in [6, 6.07) is 20.2. The lowest BCUT2D eigenvalue weighted by Crippen LogP contribution is -2.23. The third kappa shape index (κ3) is 5.51. The number of hydrogen-bond donors (Lipinski definition) is 1. The van der Waals surface area contributed by atoms with Gasteiger partial charge in [-0.1, -0.05) is 45.0 Å². The number of ether oxygens (including phenoxy) is 2. The molecule has 5 nitrogen and oxygen atoms in total. The first kappa shape index (κ1) is 24.8. The Hall–Kier alpha value is -3.31. The summed E-state index contributed by atoms with van der Waals surface area (Å²) in [5.74, 6) is 0.389. The van der Waals surface area contributed by atoms with Crippen molar-refractivity contribution in [2.45, 2.75) is 39.0 Å². The van der Waals surface area contributed by atoms with Crippen LogP contribution in [0.15, 0.2) is 60.7 Å². The van der Waals surface area contributed by atoms with Crippen molar-refractivity contribution in [1.82, 2.24) is 0 Å². The molecule has 1 aliphatic heterocycles. The van der Waals surface area contributed by atoms with E-state index in [1.165, 1.54) is 31.2 Å². The maximum absolute atomic E-state index is 11.8. The van der Waals surface area contributed by atoms with Crippen molar-refractivity contribution in [2.75, 3.05) is 38.3 Å². The molecule has 1 aliphatic rings. The van der Waals surface area contributed by atoms with Crippen LogP contribution in [-0.4, -0.2) is 44.5 Å². The topological polar surface area (TPSA) is 59.0 Å². The first-order valence-electron chi connectivity index (χ1n) is 12.3. The van der Waals surface area contributed by atoms with Gasteiger partial charge in [-0.05, 0) is 76.9 Å². The van der Waals surface area contributed by atoms with E-state index in [-0.39, 0.29) is 24.6 Å². The van der Waals surface area contributed by atoms with E-state index in [1.807, 2.05) is 24.3 Å². The zero-order chi connectivity index (χ0) is 25.0. The normalized spacial score (nSPS) is 13.7. The summed E-state index contributed by atoms with van der Waals surface area (Å²) < 4.78 is 10.7. The van der Waals surface area contributed by atoms with Gasteiger partial charge in [-0.25, -0.2) is 4.79 Å². The van der Waals surface area contributed by atoms with Crippen LogP contribution in [0, 0.1) is 0 Å². The molecule has 184 valence electrons. The fourth-order valence-electron chi connectivity index (χ4n) is 4.67. The van der Waals surface area contributed by atoms with Gasteiger partial charge in [0.1, 0.15) is 12.4 Å². The average Bonchev–Trinajstić information content (AvgIpc) is 3.41. The molecule has 0 aliphatic carbocycles. The number of benzene rings is 3. The van der Waals surface area contributed by atoms with Crippen LogP contribution in [0.4, 0.5) is 5.69 Å². The van der Waals surface area contributed by atoms with E-state index < -0.39 is 0 Å². The van der Waals surface area contributed by atoms with Crippen LogP contribution in [0.1, 0.15) is 49.5 Å². The van der Waals surface area contributed by atoms with Crippen LogP contribution in [0.25, 0.3) is 22.3 Å². The molecule has 1 heterocycles. The first-order chi connectivity index (χ1) is 16.8. The minimum absolute atomic E-state index is 0.0125. The summed E-state index contributed by atoms with van der Waals surface area (Å²) in [6.07, 6.45) is 2.47. The Morgan fingerprint density at radius 3 is 2.20 bits per heavy atom. The second-order valence-electron chi connectivity index (χ2n) is 10.0. The van der Waals surface area contributed by atoms with E-state index in [1.54, 1.807) is 12.1 Å². The molecule has 35 heavy (non-hydrogen) atoms. The smallest absolute Gasteiger partial charge is 0.337 e. The molecular formula is C30H35NO4. The molecule has 0 aromatic heterocycles. The number of aliphatic hydroxyl groups excluding tert-OH is 1. The second kappa shape index (κ2) is 10.5. The molecule has 0 bridgehead atoms. The molecular weight excluding hydrogens is 438 g/mol. The minimum atomic E-state index is -0.349. The van der Waals surface area contributed by atoms with Gasteiger partial charge in [0, 0.05) is 24.3 Å². The molecule has 0 radical (unpaired) electrons. The standard InChI is InChI=1S/C30H35NO4/c1-30(2,3)26-20-24(11-13-27(26)31-15-5-6-16-31)25-19-23(12-14-28(25)35-18-17-32)21-7-9-22(10-8-21)29(33)34-4/h7-14,19-20,32H,5-6,15-18H2,1-4H3. The molecule has 1 fully saturated rings. The maximum Gasteiger partial charge on any atom is 0.337 e. The lowest BCUT2D eigenvalue weighted by molar-refractivity contribution is 0.0600. The summed E-state index contributed by atoms with van der Waals surface area (Å²) >= 11 is 0. The molecule has 0 atom stereocenters. The van der Waals surface area contributed by atoms with Gasteiger partial charge >= 0.3 is 5.97 Å². The van der Waals surface area contributed by atoms with Gasteiger partial charge in [-0.15, -0.1) is 0 Å². The highest BCUT2D eigenvalue weighted by molar-refractivity contribution is 5.90. The van der Waals surface area contributed by atoms with Crippen molar-refractivity contribution in [3.63, 3.8) is 0 Å². The molecule has 3 aromatic carbocycles. The van der Waals surface area contributed by atoms with Crippen LogP contribution in [0.2, 0.25) is 0 Å². The molecule has 1 N–H and O–H groups in total. The number of carbonyl (C=O) groups excluding carboxylic acids is 1. The zero-order valence-electron chi connectivity index (χ0n) is 21.1. The number of rotatable bonds is 7. The van der Waals surface area contributed by atoms with Crippen LogP contribution in [-0.2, 0) is 10.2 Å². The number of nitrogens with zero attached hydrogens (tertiary/aromatic N) is 1. The predicted octanol–water partition coefficient (Wildman–Crippen LogP) is 6.08. The van der Waals surface area contributed by atoms with E-state index in [0.29, 0.717) is 5.56 Å². The van der Waals surface area contributed by atoms with Crippen molar-refractivity contribution in [3.8, 4) is 28.0 Å². The number of carbonyl (C=O) groups is 1. The SMILES string of the molecule is COC(=O)c1ccc(-c2ccc(OCCO)c(-c3ccc(N4CCCC4)c(C(C)(C)C)c3)c2)cc1. The van der Waals surface area contributed by atoms with Crippen LogP contribution in [0.3, 0.4) is 0 Å². The van der Waals surface area contributed by atoms with Gasteiger partial charge in [-0.3, -0.25) is 0 Å². The van der Waals surface area contributed by atoms with Crippen molar-refractivity contribution in [2.24, 2.45) is 0 Å². The molecule has 0 amide bonds. The third-order valence-electron chi connectivity index (χ3n) is 6.53. The number of aliphatic hydroxyl groups is 1. The van der Waals surface area contributed by atoms with Gasteiger partial charge in [-0.2, -0.15) is 0 Å². The highest BCUT2D eigenvalue weighted by Gasteiger charge is 2.24. The maximum atomic E-state index is 11.8. The van der Waals surface area contributed by atoms with Crippen LogP contribution < -0.4 is 9.64 Å². The van der Waals surface area contributed by atoms with Gasteiger partial charge < -0.3 is 19.5 Å². The largest absolute Gasteiger partial charge is 0.491 e. The van der Waals surface area contributed by atoms with Gasteiger partial charge in [0.05, 0.1) is 19.3 Å². The van der Waals surface area contributed by atoms with Crippen molar-refractivity contribution < 1.29 is 19.4 Å². The predicted molar refractivity (Wildman–Crippen MR) is 141 cm³/mol. The summed E-state index contributed by atoms with van der Waals surface area (Å²) in [5.41, 5.74) is 7.22. The van der Waals surface area contributed by atoms with Crippen molar-refractivity contribution >= 4 is 11.7 Å². The van der Waals surface area contributed by atoms with E-state index in [9.17, 15) is 9.90 Å². The Morgan fingerprint density at radius 1 is 0.914 bits per heavy atom. The van der Waals surface area contributed by atoms with Crippen molar-refractivity contribution in [3.05, 3.63) is 71.8 Å². The Morgan fingerprint density at radius 2 is 1.57 bits per heavy atom. The number of hydrogen-bond acceptors (Lipinski definition) is 5. The number of methoxy groups -OCH3 is 1. The molecule has 0 spiro atoms. The number of anilines is 1. The summed E-state index contributed by atoms with van der Waals surface area (Å²) in [5, 5.41) is 9.35. The minimum Gasteiger partial charge on any atom is -0.491 e. The highest BCUT2D eigenvalue weighted by atomic mass is 16.5. The summed E-state index contributed by atoms with van der Waals surface area (Å²) in [6.45, 7) is 9.17. The summed E-state index contributed by atoms with van der Waals surface area (Å²) in [4.78, 5) is 14.3. The molecule has 0 saturated carbocycles. The van der Waals surface area contributed by atoms with Gasteiger partial charge in [0.2, 0.25) is 0 Å². The Kier molecular flexibility index (Phi) is 7.46. The molecule has 0 unspecified atom stereocenters. The van der Waals surface area contributed by atoms with Crippen LogP contribution in [0.5, 0.6) is 5.75 Å². The zero-order valence-corrected chi connectivity index (χ0v) is 21.1. The second-order valence-corrected chi connectivity index (χ2v) is 10.0. The monoisotopic (exact) mass is 473 g/mol. The Labute approximate surface area is 208 Å². The van der Waals surface area contributed by atoms with Gasteiger partial charge in [0.25, 0.3) is 0 Å².